The number of hydrogen-bond acceptors (Lipinski definition) is 5. The number of aromatic nitrogens is 2. The highest BCUT2D eigenvalue weighted by Gasteiger charge is 2.23. The number of nitrogens with two attached hydrogens (primary N) is 1. The molecule has 17 heavy (non-hydrogen) atoms. The van der Waals surface area contributed by atoms with E-state index in [1.165, 1.54) is 17.9 Å². The fraction of sp³-hybridized carbons (Fsp3) is 0.667. The first-order valence-electron chi connectivity index (χ1n) is 5.20. The fourth-order valence-electron chi connectivity index (χ4n) is 1.26. The summed E-state index contributed by atoms with van der Waals surface area (Å²) < 4.78 is 27.4. The molecule has 0 aromatic carbocycles. The first kappa shape index (κ1) is 13.9. The van der Waals surface area contributed by atoms with E-state index in [0.717, 1.165) is 0 Å². The monoisotopic (exact) mass is 262 g/mol. The number of aliphatic hydroxyl groups is 1. The smallest absolute Gasteiger partial charge is 0.260 e. The van der Waals surface area contributed by atoms with E-state index in [2.05, 4.69) is 9.71 Å². The van der Waals surface area contributed by atoms with E-state index in [-0.39, 0.29) is 23.3 Å². The third-order valence-corrected chi connectivity index (χ3v) is 3.97. The van der Waals surface area contributed by atoms with Crippen LogP contribution in [0.4, 0.5) is 5.82 Å². The van der Waals surface area contributed by atoms with E-state index < -0.39 is 16.1 Å². The van der Waals surface area contributed by atoms with Gasteiger partial charge in [-0.15, -0.1) is 0 Å². The molecule has 1 unspecified atom stereocenters. The van der Waals surface area contributed by atoms with Crippen molar-refractivity contribution in [3.63, 3.8) is 0 Å². The third-order valence-electron chi connectivity index (χ3n) is 2.42. The molecule has 1 rings (SSSR count). The van der Waals surface area contributed by atoms with Crippen molar-refractivity contribution < 1.29 is 13.5 Å². The van der Waals surface area contributed by atoms with Gasteiger partial charge in [0.25, 0.3) is 10.0 Å². The van der Waals surface area contributed by atoms with Crippen LogP contribution in [0.3, 0.4) is 0 Å². The Labute approximate surface area is 101 Å². The average molecular weight is 262 g/mol. The molecule has 0 fully saturated rings. The van der Waals surface area contributed by atoms with E-state index in [0.29, 0.717) is 0 Å². The molecular formula is C9H18N4O3S. The highest BCUT2D eigenvalue weighted by atomic mass is 32.2. The van der Waals surface area contributed by atoms with Crippen molar-refractivity contribution in [3.8, 4) is 0 Å². The number of nitrogen functional groups attached to an aromatic ring is 1. The van der Waals surface area contributed by atoms with Crippen LogP contribution in [0, 0.1) is 5.92 Å². The number of nitrogens with zero attached hydrogens (tertiary/aromatic N) is 2. The quantitative estimate of drug-likeness (QED) is 0.649. The van der Waals surface area contributed by atoms with E-state index in [1.54, 1.807) is 13.8 Å². The molecular weight excluding hydrogens is 244 g/mol. The molecule has 8 heteroatoms. The molecule has 0 radical (unpaired) electrons. The maximum absolute atomic E-state index is 11.9. The highest BCUT2D eigenvalue weighted by molar-refractivity contribution is 7.89. The van der Waals surface area contributed by atoms with Gasteiger partial charge in [0.15, 0.2) is 10.8 Å². The van der Waals surface area contributed by atoms with Gasteiger partial charge >= 0.3 is 0 Å². The van der Waals surface area contributed by atoms with Crippen LogP contribution in [-0.4, -0.2) is 35.7 Å². The van der Waals surface area contributed by atoms with Crippen molar-refractivity contribution in [2.75, 3.05) is 12.3 Å². The Morgan fingerprint density at radius 3 is 2.59 bits per heavy atom. The molecule has 1 aromatic heterocycles. The number of anilines is 1. The summed E-state index contributed by atoms with van der Waals surface area (Å²) in [5.41, 5.74) is 5.48. The lowest BCUT2D eigenvalue weighted by Gasteiger charge is -2.15. The molecule has 0 aliphatic rings. The summed E-state index contributed by atoms with van der Waals surface area (Å²) in [4.78, 5) is 3.70. The zero-order valence-electron chi connectivity index (χ0n) is 10.1. The van der Waals surface area contributed by atoms with Crippen LogP contribution in [0.5, 0.6) is 0 Å². The second-order valence-electron chi connectivity index (χ2n) is 4.21. The van der Waals surface area contributed by atoms with Gasteiger partial charge in [-0.1, -0.05) is 13.8 Å². The number of aliphatic hydroxyl groups excluding tert-OH is 1. The van der Waals surface area contributed by atoms with Crippen LogP contribution in [-0.2, 0) is 17.1 Å². The SMILES string of the molecule is CC(C)C(O)CNS(=O)(=O)c1c(N)ncn1C. The van der Waals surface area contributed by atoms with Crippen LogP contribution in [0.15, 0.2) is 11.4 Å². The molecule has 1 aromatic rings. The zero-order valence-corrected chi connectivity index (χ0v) is 10.9. The molecule has 1 heterocycles. The third kappa shape index (κ3) is 3.18. The van der Waals surface area contributed by atoms with Crippen molar-refractivity contribution in [2.24, 2.45) is 13.0 Å². The molecule has 1 atom stereocenters. The minimum atomic E-state index is -3.74. The molecule has 7 nitrogen and oxygen atoms in total. The Hall–Kier alpha value is -1.12. The van der Waals surface area contributed by atoms with Gasteiger partial charge in [0, 0.05) is 13.6 Å². The van der Waals surface area contributed by atoms with Gasteiger partial charge < -0.3 is 15.4 Å². The molecule has 98 valence electrons. The van der Waals surface area contributed by atoms with Gasteiger partial charge in [0.05, 0.1) is 12.4 Å². The van der Waals surface area contributed by atoms with E-state index in [9.17, 15) is 13.5 Å². The van der Waals surface area contributed by atoms with Crippen molar-refractivity contribution in [2.45, 2.75) is 25.0 Å². The first-order chi connectivity index (χ1) is 7.75. The highest BCUT2D eigenvalue weighted by Crippen LogP contribution is 2.15. The molecule has 0 saturated carbocycles. The normalized spacial score (nSPS) is 14.2. The Balaban J connectivity index is 2.84. The topological polar surface area (TPSA) is 110 Å². The summed E-state index contributed by atoms with van der Waals surface area (Å²) in [6.45, 7) is 3.55. The molecule has 0 amide bonds. The minimum absolute atomic E-state index is 0.0263. The Kier molecular flexibility index (Phi) is 4.12. The number of sulfonamides is 1. The first-order valence-corrected chi connectivity index (χ1v) is 6.68. The van der Waals surface area contributed by atoms with Crippen molar-refractivity contribution in [1.29, 1.82) is 0 Å². The van der Waals surface area contributed by atoms with Crippen molar-refractivity contribution in [1.82, 2.24) is 14.3 Å². The lowest BCUT2D eigenvalue weighted by atomic mass is 10.1. The summed E-state index contributed by atoms with van der Waals surface area (Å²) in [7, 11) is -2.20. The lowest BCUT2D eigenvalue weighted by molar-refractivity contribution is 0.129. The van der Waals surface area contributed by atoms with Crippen LogP contribution in [0.2, 0.25) is 0 Å². The van der Waals surface area contributed by atoms with Crippen molar-refractivity contribution >= 4 is 15.8 Å². The lowest BCUT2D eigenvalue weighted by Crippen LogP contribution is -2.35. The number of nitrogens with one attached hydrogen (secondary N) is 1. The summed E-state index contributed by atoms with van der Waals surface area (Å²) in [5.74, 6) is -0.0828. The van der Waals surface area contributed by atoms with Gasteiger partial charge in [-0.05, 0) is 5.92 Å². The standard InChI is InChI=1S/C9H18N4O3S/c1-6(2)7(14)4-12-17(15,16)9-8(10)11-5-13(9)3/h5-7,12,14H,4,10H2,1-3H3. The van der Waals surface area contributed by atoms with Gasteiger partial charge in [0.2, 0.25) is 0 Å². The molecule has 0 aliphatic heterocycles. The van der Waals surface area contributed by atoms with Crippen LogP contribution < -0.4 is 10.5 Å². The minimum Gasteiger partial charge on any atom is -0.391 e. The molecule has 0 bridgehead atoms. The number of imidazole rings is 1. The predicted octanol–water partition coefficient (Wildman–Crippen LogP) is -0.702. The summed E-state index contributed by atoms with van der Waals surface area (Å²) >= 11 is 0. The van der Waals surface area contributed by atoms with Gasteiger partial charge in [-0.2, -0.15) is 0 Å². The maximum Gasteiger partial charge on any atom is 0.260 e. The molecule has 0 saturated heterocycles. The Bertz CT molecular complexity index is 461. The molecule has 0 spiro atoms. The van der Waals surface area contributed by atoms with Gasteiger partial charge in [-0.25, -0.2) is 18.1 Å². The average Bonchev–Trinajstić information content (AvgIpc) is 2.55. The summed E-state index contributed by atoms with van der Waals surface area (Å²) in [6.07, 6.45) is 0.585. The zero-order chi connectivity index (χ0) is 13.2. The summed E-state index contributed by atoms with van der Waals surface area (Å²) in [6, 6.07) is 0. The number of aryl methyl sites for hydroxylation is 1. The van der Waals surface area contributed by atoms with Gasteiger partial charge in [0.1, 0.15) is 0 Å². The molecule has 0 aliphatic carbocycles. The second kappa shape index (κ2) is 5.03. The molecule has 4 N–H and O–H groups in total. The summed E-state index contributed by atoms with van der Waals surface area (Å²) in [5, 5.41) is 9.46. The van der Waals surface area contributed by atoms with E-state index in [4.69, 9.17) is 5.73 Å². The Morgan fingerprint density at radius 1 is 1.59 bits per heavy atom. The van der Waals surface area contributed by atoms with Crippen LogP contribution in [0.1, 0.15) is 13.8 Å². The predicted molar refractivity (Wildman–Crippen MR) is 63.7 cm³/mol. The largest absolute Gasteiger partial charge is 0.391 e. The van der Waals surface area contributed by atoms with Crippen LogP contribution >= 0.6 is 0 Å². The van der Waals surface area contributed by atoms with E-state index in [1.807, 2.05) is 0 Å². The number of hydrogen-bond donors (Lipinski definition) is 3. The van der Waals surface area contributed by atoms with Gasteiger partial charge in [-0.3, -0.25) is 0 Å². The number of rotatable bonds is 5. The fourth-order valence-corrected chi connectivity index (χ4v) is 2.54. The van der Waals surface area contributed by atoms with E-state index >= 15 is 0 Å². The van der Waals surface area contributed by atoms with Crippen LogP contribution in [0.25, 0.3) is 0 Å². The maximum atomic E-state index is 11.9. The Morgan fingerprint density at radius 2 is 2.18 bits per heavy atom. The second-order valence-corrected chi connectivity index (χ2v) is 5.89. The van der Waals surface area contributed by atoms with Crippen molar-refractivity contribution in [3.05, 3.63) is 6.33 Å².